The van der Waals surface area contributed by atoms with E-state index in [0.717, 1.165) is 24.2 Å². The molecule has 4 N–H and O–H groups in total. The van der Waals surface area contributed by atoms with Crippen molar-refractivity contribution in [2.45, 2.75) is 13.1 Å². The summed E-state index contributed by atoms with van der Waals surface area (Å²) < 4.78 is 1.75. The minimum absolute atomic E-state index is 0.119. The van der Waals surface area contributed by atoms with Gasteiger partial charge in [0.1, 0.15) is 0 Å². The smallest absolute Gasteiger partial charge is 0.170 e. The number of amidine groups is 1. The molecule has 0 saturated heterocycles. The topological polar surface area (TPSA) is 101 Å². The zero-order valence-electron chi connectivity index (χ0n) is 10.4. The van der Waals surface area contributed by atoms with Crippen molar-refractivity contribution in [2.24, 2.45) is 10.9 Å². The van der Waals surface area contributed by atoms with Crippen molar-refractivity contribution in [2.75, 3.05) is 6.54 Å². The van der Waals surface area contributed by atoms with Crippen LogP contribution in [0.1, 0.15) is 11.1 Å². The molecule has 0 amide bonds. The summed E-state index contributed by atoms with van der Waals surface area (Å²) in [5, 5.41) is 22.7. The summed E-state index contributed by atoms with van der Waals surface area (Å²) in [6.07, 6.45) is 3.46. The molecule has 1 aromatic heterocycles. The highest BCUT2D eigenvalue weighted by Gasteiger charge is 2.05. The van der Waals surface area contributed by atoms with Gasteiger partial charge in [-0.1, -0.05) is 34.6 Å². The highest BCUT2D eigenvalue weighted by atomic mass is 16.4. The van der Waals surface area contributed by atoms with Crippen LogP contribution in [0.4, 0.5) is 0 Å². The first-order valence-electron chi connectivity index (χ1n) is 5.92. The van der Waals surface area contributed by atoms with Crippen LogP contribution >= 0.6 is 0 Å². The van der Waals surface area contributed by atoms with Crippen LogP contribution in [0.5, 0.6) is 0 Å². The number of rotatable bonds is 6. The van der Waals surface area contributed by atoms with E-state index in [1.54, 1.807) is 10.9 Å². The van der Waals surface area contributed by atoms with E-state index >= 15 is 0 Å². The van der Waals surface area contributed by atoms with Gasteiger partial charge >= 0.3 is 0 Å². The fourth-order valence-corrected chi connectivity index (χ4v) is 1.75. The number of oxime groups is 1. The van der Waals surface area contributed by atoms with E-state index < -0.39 is 0 Å². The molecular weight excluding hydrogens is 244 g/mol. The molecule has 2 rings (SSSR count). The third-order valence-corrected chi connectivity index (χ3v) is 2.71. The quantitative estimate of drug-likeness (QED) is 0.226. The maximum Gasteiger partial charge on any atom is 0.170 e. The van der Waals surface area contributed by atoms with Crippen LogP contribution in [-0.4, -0.2) is 32.6 Å². The van der Waals surface area contributed by atoms with Gasteiger partial charge < -0.3 is 16.3 Å². The van der Waals surface area contributed by atoms with Gasteiger partial charge in [0.05, 0.1) is 12.7 Å². The number of hydrogen-bond donors (Lipinski definition) is 3. The average Bonchev–Trinajstić information content (AvgIpc) is 2.96. The van der Waals surface area contributed by atoms with Crippen molar-refractivity contribution in [1.29, 1.82) is 0 Å². The minimum Gasteiger partial charge on any atom is -0.409 e. The van der Waals surface area contributed by atoms with Crippen molar-refractivity contribution in [3.8, 4) is 0 Å². The normalized spacial score (nSPS) is 11.7. The van der Waals surface area contributed by atoms with Crippen LogP contribution in [0.15, 0.2) is 41.8 Å². The van der Waals surface area contributed by atoms with Gasteiger partial charge in [0.2, 0.25) is 0 Å². The van der Waals surface area contributed by atoms with Gasteiger partial charge in [0.25, 0.3) is 0 Å². The second-order valence-corrected chi connectivity index (χ2v) is 3.99. The Labute approximate surface area is 110 Å². The van der Waals surface area contributed by atoms with Gasteiger partial charge in [0.15, 0.2) is 5.84 Å². The van der Waals surface area contributed by atoms with Gasteiger partial charge in [-0.2, -0.15) is 0 Å². The van der Waals surface area contributed by atoms with Gasteiger partial charge in [-0.05, 0) is 5.56 Å². The molecule has 0 aliphatic heterocycles. The zero-order chi connectivity index (χ0) is 13.5. The molecule has 0 unspecified atom stereocenters. The molecule has 1 heterocycles. The number of nitrogens with two attached hydrogens (primary N) is 1. The standard InChI is InChI=1S/C12H16N6O/c13-12(16-19)11-4-2-1-3-10(11)9-14-5-7-18-8-6-15-17-18/h1-4,6,8,14,19H,5,7,9H2,(H2,13,16). The van der Waals surface area contributed by atoms with E-state index in [1.807, 2.05) is 30.5 Å². The van der Waals surface area contributed by atoms with Gasteiger partial charge in [-0.3, -0.25) is 4.68 Å². The van der Waals surface area contributed by atoms with Gasteiger partial charge in [-0.15, -0.1) is 5.10 Å². The number of nitrogens with one attached hydrogen (secondary N) is 1. The maximum atomic E-state index is 8.73. The van der Waals surface area contributed by atoms with E-state index in [0.29, 0.717) is 6.54 Å². The highest BCUT2D eigenvalue weighted by Crippen LogP contribution is 2.07. The lowest BCUT2D eigenvalue weighted by Crippen LogP contribution is -2.23. The SMILES string of the molecule is N/C(=N/O)c1ccccc1CNCCn1ccnn1. The third-order valence-electron chi connectivity index (χ3n) is 2.71. The molecule has 0 atom stereocenters. The molecule has 1 aromatic carbocycles. The molecule has 7 nitrogen and oxygen atoms in total. The van der Waals surface area contributed by atoms with Gasteiger partial charge in [-0.25, -0.2) is 0 Å². The van der Waals surface area contributed by atoms with E-state index in [1.165, 1.54) is 0 Å². The molecule has 0 radical (unpaired) electrons. The number of aromatic nitrogens is 3. The fraction of sp³-hybridized carbons (Fsp3) is 0.250. The number of benzene rings is 1. The van der Waals surface area contributed by atoms with Crippen LogP contribution in [0, 0.1) is 0 Å². The predicted octanol–water partition coefficient (Wildman–Crippen LogP) is 0.162. The lowest BCUT2D eigenvalue weighted by molar-refractivity contribution is 0.318. The summed E-state index contributed by atoms with van der Waals surface area (Å²) in [5.74, 6) is 0.119. The lowest BCUT2D eigenvalue weighted by atomic mass is 10.1. The van der Waals surface area contributed by atoms with Crippen molar-refractivity contribution in [3.05, 3.63) is 47.8 Å². The molecule has 0 aliphatic rings. The number of nitrogens with zero attached hydrogens (tertiary/aromatic N) is 4. The molecule has 19 heavy (non-hydrogen) atoms. The summed E-state index contributed by atoms with van der Waals surface area (Å²) in [4.78, 5) is 0. The lowest BCUT2D eigenvalue weighted by Gasteiger charge is -2.09. The van der Waals surface area contributed by atoms with Crippen molar-refractivity contribution in [1.82, 2.24) is 20.3 Å². The Kier molecular flexibility index (Phi) is 4.46. The first kappa shape index (κ1) is 13.0. The molecule has 100 valence electrons. The van der Waals surface area contributed by atoms with Crippen molar-refractivity contribution in [3.63, 3.8) is 0 Å². The Morgan fingerprint density at radius 1 is 1.42 bits per heavy atom. The third kappa shape index (κ3) is 3.52. The summed E-state index contributed by atoms with van der Waals surface area (Å²) in [7, 11) is 0. The fourth-order valence-electron chi connectivity index (χ4n) is 1.75. The molecule has 0 bridgehead atoms. The first-order chi connectivity index (χ1) is 9.31. The molecule has 0 saturated carbocycles. The predicted molar refractivity (Wildman–Crippen MR) is 70.7 cm³/mol. The van der Waals surface area contributed by atoms with Crippen LogP contribution in [0.2, 0.25) is 0 Å². The molecule has 7 heteroatoms. The van der Waals surface area contributed by atoms with Crippen LogP contribution in [0.25, 0.3) is 0 Å². The molecule has 0 fully saturated rings. The Morgan fingerprint density at radius 3 is 3.00 bits per heavy atom. The van der Waals surface area contributed by atoms with E-state index in [9.17, 15) is 0 Å². The largest absolute Gasteiger partial charge is 0.409 e. The molecule has 0 spiro atoms. The monoisotopic (exact) mass is 260 g/mol. The van der Waals surface area contributed by atoms with Crippen LogP contribution < -0.4 is 11.1 Å². The second kappa shape index (κ2) is 6.50. The summed E-state index contributed by atoms with van der Waals surface area (Å²) in [6, 6.07) is 7.54. The highest BCUT2D eigenvalue weighted by molar-refractivity contribution is 5.98. The van der Waals surface area contributed by atoms with Crippen LogP contribution in [0.3, 0.4) is 0 Å². The average molecular weight is 260 g/mol. The van der Waals surface area contributed by atoms with E-state index in [4.69, 9.17) is 10.9 Å². The molecule has 0 aliphatic carbocycles. The van der Waals surface area contributed by atoms with E-state index in [-0.39, 0.29) is 5.84 Å². The number of hydrogen-bond acceptors (Lipinski definition) is 5. The summed E-state index contributed by atoms with van der Waals surface area (Å²) >= 11 is 0. The first-order valence-corrected chi connectivity index (χ1v) is 5.92. The Bertz CT molecular complexity index is 537. The van der Waals surface area contributed by atoms with Crippen LogP contribution in [-0.2, 0) is 13.1 Å². The van der Waals surface area contributed by atoms with Crippen molar-refractivity contribution >= 4 is 5.84 Å². The van der Waals surface area contributed by atoms with E-state index in [2.05, 4.69) is 20.8 Å². The Balaban J connectivity index is 1.89. The maximum absolute atomic E-state index is 8.73. The summed E-state index contributed by atoms with van der Waals surface area (Å²) in [5.41, 5.74) is 7.34. The molecular formula is C12H16N6O. The Hall–Kier alpha value is -2.41. The second-order valence-electron chi connectivity index (χ2n) is 3.99. The summed E-state index contributed by atoms with van der Waals surface area (Å²) in [6.45, 7) is 2.14. The Morgan fingerprint density at radius 2 is 2.26 bits per heavy atom. The van der Waals surface area contributed by atoms with Crippen molar-refractivity contribution < 1.29 is 5.21 Å². The minimum atomic E-state index is 0.119. The van der Waals surface area contributed by atoms with Gasteiger partial charge in [0, 0.05) is 24.8 Å². The zero-order valence-corrected chi connectivity index (χ0v) is 10.4. The molecule has 2 aromatic rings.